The molecule has 39 heavy (non-hydrogen) atoms. The van der Waals surface area contributed by atoms with E-state index in [0.29, 0.717) is 0 Å². The summed E-state index contributed by atoms with van der Waals surface area (Å²) in [5.41, 5.74) is 2.09. The number of sulfonamides is 1. The van der Waals surface area contributed by atoms with Crippen molar-refractivity contribution < 1.29 is 13.2 Å². The van der Waals surface area contributed by atoms with Crippen LogP contribution in [0.15, 0.2) is 84.0 Å². The van der Waals surface area contributed by atoms with E-state index in [0.717, 1.165) is 53.4 Å². The Kier molecular flexibility index (Phi) is 7.86. The largest absolute Gasteiger partial charge is 0.361 e. The zero-order valence-electron chi connectivity index (χ0n) is 22.5. The number of rotatable bonds is 9. The van der Waals surface area contributed by atoms with E-state index in [-0.39, 0.29) is 29.2 Å². The van der Waals surface area contributed by atoms with Gasteiger partial charge in [-0.2, -0.15) is 4.72 Å². The Morgan fingerprint density at radius 1 is 1.03 bits per heavy atom. The van der Waals surface area contributed by atoms with Crippen molar-refractivity contribution in [3.63, 3.8) is 0 Å². The Morgan fingerprint density at radius 3 is 2.46 bits per heavy atom. The average Bonchev–Trinajstić information content (AvgIpc) is 3.34. The molecule has 2 aromatic heterocycles. The van der Waals surface area contributed by atoms with Gasteiger partial charge in [-0.25, -0.2) is 8.42 Å². The Morgan fingerprint density at radius 2 is 1.74 bits per heavy atom. The highest BCUT2D eigenvalue weighted by molar-refractivity contribution is 7.89. The summed E-state index contributed by atoms with van der Waals surface area (Å²) >= 11 is 0. The van der Waals surface area contributed by atoms with Crippen LogP contribution >= 0.6 is 0 Å². The first-order chi connectivity index (χ1) is 18.7. The second-order valence-corrected chi connectivity index (χ2v) is 12.6. The smallest absolute Gasteiger partial charge is 0.241 e. The van der Waals surface area contributed by atoms with Crippen molar-refractivity contribution in [2.24, 2.45) is 5.92 Å². The molecular weight excluding hydrogens is 508 g/mol. The number of hydrogen-bond donors (Lipinski definition) is 3. The molecule has 8 heteroatoms. The van der Waals surface area contributed by atoms with E-state index < -0.39 is 15.6 Å². The van der Waals surface area contributed by atoms with Gasteiger partial charge in [0.2, 0.25) is 15.9 Å². The molecule has 0 aliphatic heterocycles. The lowest BCUT2D eigenvalue weighted by molar-refractivity contribution is -0.127. The summed E-state index contributed by atoms with van der Waals surface area (Å²) in [5.74, 6) is -0.131. The quantitative estimate of drug-likeness (QED) is 0.256. The summed E-state index contributed by atoms with van der Waals surface area (Å²) in [6, 6.07) is 19.9. The standard InChI is InChI=1S/C31H36N4O3S/c1-22-15-17-25(18-16-22)39(37,38)35-31(2,20-24-21-33-27-13-7-6-12-26(24)27)30(36)34-29(23-10-4-3-5-11-23)28-14-8-9-19-32-28/h6-9,12-19,21,23,29,33,35H,3-5,10-11,20H2,1-2H3,(H,34,36). The lowest BCUT2D eigenvalue weighted by Gasteiger charge is -2.35. The Hall–Kier alpha value is -3.49. The van der Waals surface area contributed by atoms with Gasteiger partial charge in [-0.1, -0.05) is 61.2 Å². The summed E-state index contributed by atoms with van der Waals surface area (Å²) in [4.78, 5) is 22.2. The SMILES string of the molecule is Cc1ccc(S(=O)(=O)NC(C)(Cc2c[nH]c3ccccc23)C(=O)NC(c2ccccn2)C2CCCCC2)cc1. The number of carbonyl (C=O) groups is 1. The third kappa shape index (κ3) is 6.07. The van der Waals surface area contributed by atoms with Crippen LogP contribution in [0.5, 0.6) is 0 Å². The Bertz CT molecular complexity index is 1530. The van der Waals surface area contributed by atoms with Crippen molar-refractivity contribution in [3.05, 3.63) is 95.9 Å². The third-order valence-corrected chi connectivity index (χ3v) is 9.44. The average molecular weight is 545 g/mol. The number of carbonyl (C=O) groups excluding carboxylic acids is 1. The molecule has 2 unspecified atom stereocenters. The van der Waals surface area contributed by atoms with E-state index in [1.54, 1.807) is 37.4 Å². The number of amides is 1. The van der Waals surface area contributed by atoms with Gasteiger partial charge in [0.1, 0.15) is 5.54 Å². The molecule has 0 saturated heterocycles. The molecule has 4 aromatic rings. The zero-order valence-corrected chi connectivity index (χ0v) is 23.3. The number of nitrogens with one attached hydrogen (secondary N) is 3. The number of H-pyrrole nitrogens is 1. The molecule has 1 saturated carbocycles. The molecule has 2 aromatic carbocycles. The number of nitrogens with zero attached hydrogens (tertiary/aromatic N) is 1. The molecule has 3 N–H and O–H groups in total. The highest BCUT2D eigenvalue weighted by atomic mass is 32.2. The number of hydrogen-bond acceptors (Lipinski definition) is 4. The highest BCUT2D eigenvalue weighted by Gasteiger charge is 2.41. The molecular formula is C31H36N4O3S. The predicted octanol–water partition coefficient (Wildman–Crippen LogP) is 5.59. The normalized spacial score (nSPS) is 17.0. The van der Waals surface area contributed by atoms with Crippen molar-refractivity contribution in [2.45, 2.75) is 68.8 Å². The van der Waals surface area contributed by atoms with Crippen LogP contribution in [0.4, 0.5) is 0 Å². The van der Waals surface area contributed by atoms with Crippen molar-refractivity contribution >= 4 is 26.8 Å². The van der Waals surface area contributed by atoms with E-state index in [1.165, 1.54) is 6.42 Å². The van der Waals surface area contributed by atoms with Gasteiger partial charge in [0.25, 0.3) is 0 Å². The van der Waals surface area contributed by atoms with E-state index in [4.69, 9.17) is 0 Å². The van der Waals surface area contributed by atoms with Crippen LogP contribution < -0.4 is 10.0 Å². The van der Waals surface area contributed by atoms with Gasteiger partial charge in [0.05, 0.1) is 16.6 Å². The fraction of sp³-hybridized carbons (Fsp3) is 0.355. The molecule has 5 rings (SSSR count). The maximum absolute atomic E-state index is 14.2. The number of benzene rings is 2. The predicted molar refractivity (Wildman–Crippen MR) is 154 cm³/mol. The lowest BCUT2D eigenvalue weighted by Crippen LogP contribution is -2.59. The fourth-order valence-electron chi connectivity index (χ4n) is 5.66. The summed E-state index contributed by atoms with van der Waals surface area (Å²) < 4.78 is 30.0. The molecule has 2 atom stereocenters. The number of para-hydroxylation sites is 1. The van der Waals surface area contributed by atoms with Gasteiger partial charge in [-0.3, -0.25) is 9.78 Å². The highest BCUT2D eigenvalue weighted by Crippen LogP contribution is 2.34. The van der Waals surface area contributed by atoms with Crippen LogP contribution in [-0.2, 0) is 21.2 Å². The fourth-order valence-corrected chi connectivity index (χ4v) is 7.03. The molecule has 1 aliphatic rings. The minimum atomic E-state index is -4.00. The molecule has 204 valence electrons. The number of aromatic nitrogens is 2. The van der Waals surface area contributed by atoms with Crippen molar-refractivity contribution in [1.82, 2.24) is 20.0 Å². The molecule has 1 amide bonds. The van der Waals surface area contributed by atoms with Crippen LogP contribution in [0, 0.1) is 12.8 Å². The van der Waals surface area contributed by atoms with Crippen LogP contribution in [0.1, 0.15) is 61.9 Å². The molecule has 1 fully saturated rings. The summed E-state index contributed by atoms with van der Waals surface area (Å²) in [7, 11) is -4.00. The Labute approximate surface area is 230 Å². The van der Waals surface area contributed by atoms with Gasteiger partial charge in [-0.05, 0) is 68.5 Å². The van der Waals surface area contributed by atoms with Gasteiger partial charge in [0, 0.05) is 29.7 Å². The first-order valence-electron chi connectivity index (χ1n) is 13.6. The first-order valence-corrected chi connectivity index (χ1v) is 15.1. The number of aromatic amines is 1. The molecule has 0 bridgehead atoms. The van der Waals surface area contributed by atoms with Crippen molar-refractivity contribution in [1.29, 1.82) is 0 Å². The monoisotopic (exact) mass is 544 g/mol. The number of aryl methyl sites for hydroxylation is 1. The number of pyridine rings is 1. The van der Waals surface area contributed by atoms with Gasteiger partial charge >= 0.3 is 0 Å². The van der Waals surface area contributed by atoms with Crippen LogP contribution in [0.2, 0.25) is 0 Å². The van der Waals surface area contributed by atoms with E-state index in [2.05, 4.69) is 20.0 Å². The number of fused-ring (bicyclic) bond motifs is 1. The minimum Gasteiger partial charge on any atom is -0.361 e. The molecule has 0 spiro atoms. The summed E-state index contributed by atoms with van der Waals surface area (Å²) in [5, 5.41) is 4.21. The van der Waals surface area contributed by atoms with Crippen LogP contribution in [0.3, 0.4) is 0 Å². The Balaban J connectivity index is 1.51. The molecule has 0 radical (unpaired) electrons. The summed E-state index contributed by atoms with van der Waals surface area (Å²) in [6.45, 7) is 3.58. The van der Waals surface area contributed by atoms with Crippen molar-refractivity contribution in [3.8, 4) is 0 Å². The van der Waals surface area contributed by atoms with Gasteiger partial charge in [0.15, 0.2) is 0 Å². The van der Waals surface area contributed by atoms with Gasteiger partial charge in [-0.15, -0.1) is 0 Å². The topological polar surface area (TPSA) is 104 Å². The second kappa shape index (κ2) is 11.3. The second-order valence-electron chi connectivity index (χ2n) is 10.9. The maximum Gasteiger partial charge on any atom is 0.241 e. The van der Waals surface area contributed by atoms with Crippen molar-refractivity contribution in [2.75, 3.05) is 0 Å². The molecule has 1 aliphatic carbocycles. The van der Waals surface area contributed by atoms with Crippen LogP contribution in [-0.4, -0.2) is 29.8 Å². The maximum atomic E-state index is 14.2. The summed E-state index contributed by atoms with van der Waals surface area (Å²) in [6.07, 6.45) is 9.16. The van der Waals surface area contributed by atoms with E-state index in [1.807, 2.05) is 55.6 Å². The molecule has 2 heterocycles. The minimum absolute atomic E-state index is 0.125. The lowest BCUT2D eigenvalue weighted by atomic mass is 9.82. The van der Waals surface area contributed by atoms with Crippen LogP contribution in [0.25, 0.3) is 10.9 Å². The van der Waals surface area contributed by atoms with E-state index >= 15 is 0 Å². The zero-order chi connectivity index (χ0) is 27.5. The van der Waals surface area contributed by atoms with E-state index in [9.17, 15) is 13.2 Å². The first kappa shape index (κ1) is 27.1. The third-order valence-electron chi connectivity index (χ3n) is 7.83. The molecule has 7 nitrogen and oxygen atoms in total. The van der Waals surface area contributed by atoms with Gasteiger partial charge < -0.3 is 10.3 Å².